The highest BCUT2D eigenvalue weighted by Gasteiger charge is 2.38. The fourth-order valence-corrected chi connectivity index (χ4v) is 2.80. The molecule has 1 fully saturated rings. The first-order valence-electron chi connectivity index (χ1n) is 4.98. The summed E-state index contributed by atoms with van der Waals surface area (Å²) in [6, 6.07) is 0. The van der Waals surface area contributed by atoms with Crippen LogP contribution in [0.4, 0.5) is 0 Å². The molecule has 2 atom stereocenters. The van der Waals surface area contributed by atoms with Gasteiger partial charge < -0.3 is 5.32 Å². The Bertz CT molecular complexity index is 127. The minimum absolute atomic E-state index is 0.432. The Morgan fingerprint density at radius 2 is 2.00 bits per heavy atom. The van der Waals surface area contributed by atoms with Gasteiger partial charge in [0.25, 0.3) is 0 Å². The van der Waals surface area contributed by atoms with Gasteiger partial charge in [0.05, 0.1) is 0 Å². The summed E-state index contributed by atoms with van der Waals surface area (Å²) in [6.07, 6.45) is 2.64. The van der Waals surface area contributed by atoms with Gasteiger partial charge in [-0.3, -0.25) is 0 Å². The van der Waals surface area contributed by atoms with Crippen molar-refractivity contribution < 1.29 is 0 Å². The summed E-state index contributed by atoms with van der Waals surface area (Å²) in [5.74, 6) is 0.734. The van der Waals surface area contributed by atoms with Crippen molar-refractivity contribution in [3.05, 3.63) is 0 Å². The van der Waals surface area contributed by atoms with Crippen LogP contribution in [-0.4, -0.2) is 18.3 Å². The molecule has 0 aliphatic carbocycles. The molecule has 0 radical (unpaired) electrons. The highest BCUT2D eigenvalue weighted by molar-refractivity contribution is 7.81. The number of hydrogen-bond donors (Lipinski definition) is 2. The van der Waals surface area contributed by atoms with E-state index in [0.717, 1.165) is 12.5 Å². The first-order chi connectivity index (χ1) is 5.59. The maximum absolute atomic E-state index is 4.63. The zero-order valence-corrected chi connectivity index (χ0v) is 9.32. The van der Waals surface area contributed by atoms with Gasteiger partial charge in [0.1, 0.15) is 0 Å². The molecule has 1 heterocycles. The Morgan fingerprint density at radius 1 is 1.33 bits per heavy atom. The molecule has 0 bridgehead atoms. The Balaban J connectivity index is 2.70. The molecule has 0 spiro atoms. The lowest BCUT2D eigenvalue weighted by Gasteiger charge is -2.44. The molecule has 72 valence electrons. The van der Waals surface area contributed by atoms with Crippen LogP contribution in [-0.2, 0) is 0 Å². The summed E-state index contributed by atoms with van der Waals surface area (Å²) < 4.78 is 0. The summed E-state index contributed by atoms with van der Waals surface area (Å²) in [5, 5.41) is 3.99. The van der Waals surface area contributed by atoms with Gasteiger partial charge in [-0.1, -0.05) is 20.8 Å². The number of rotatable bonds is 2. The summed E-state index contributed by atoms with van der Waals surface area (Å²) in [5.41, 5.74) is 0.432. The number of hydrogen-bond acceptors (Lipinski definition) is 2. The molecule has 2 unspecified atom stereocenters. The van der Waals surface area contributed by atoms with Crippen molar-refractivity contribution in [1.29, 1.82) is 0 Å². The van der Waals surface area contributed by atoms with Gasteiger partial charge in [0, 0.05) is 11.8 Å². The van der Waals surface area contributed by atoms with E-state index in [1.165, 1.54) is 19.4 Å². The minimum atomic E-state index is 0.432. The van der Waals surface area contributed by atoms with Gasteiger partial charge in [0.15, 0.2) is 0 Å². The van der Waals surface area contributed by atoms with Gasteiger partial charge >= 0.3 is 0 Å². The molecular weight excluding hydrogens is 166 g/mol. The predicted molar refractivity (Wildman–Crippen MR) is 57.8 cm³/mol. The van der Waals surface area contributed by atoms with Crippen LogP contribution in [0.3, 0.4) is 0 Å². The first kappa shape index (κ1) is 10.4. The minimum Gasteiger partial charge on any atom is -0.316 e. The lowest BCUT2D eigenvalue weighted by atomic mass is 9.70. The van der Waals surface area contributed by atoms with E-state index < -0.39 is 0 Å². The molecule has 1 aliphatic rings. The van der Waals surface area contributed by atoms with E-state index in [0.29, 0.717) is 10.7 Å². The van der Waals surface area contributed by atoms with Crippen LogP contribution in [0.15, 0.2) is 0 Å². The fraction of sp³-hybridized carbons (Fsp3) is 1.00. The van der Waals surface area contributed by atoms with Crippen molar-refractivity contribution in [3.8, 4) is 0 Å². The van der Waals surface area contributed by atoms with Crippen molar-refractivity contribution >= 4 is 12.6 Å². The van der Waals surface area contributed by atoms with Crippen molar-refractivity contribution in [2.75, 3.05) is 13.1 Å². The third kappa shape index (κ3) is 1.80. The van der Waals surface area contributed by atoms with Crippen molar-refractivity contribution in [1.82, 2.24) is 5.32 Å². The Labute approximate surface area is 81.7 Å². The molecular formula is C10H21NS. The Hall–Kier alpha value is 0.310. The van der Waals surface area contributed by atoms with Gasteiger partial charge in [-0.05, 0) is 30.7 Å². The van der Waals surface area contributed by atoms with E-state index in [1.54, 1.807) is 0 Å². The molecule has 0 aromatic heterocycles. The molecule has 1 N–H and O–H groups in total. The topological polar surface area (TPSA) is 12.0 Å². The molecule has 2 heteroatoms. The SMILES string of the molecule is CC(C)C1(C(C)S)CCCNC1. The van der Waals surface area contributed by atoms with Crippen LogP contribution in [0.1, 0.15) is 33.6 Å². The smallest absolute Gasteiger partial charge is 0.00595 e. The zero-order chi connectivity index (χ0) is 9.19. The lowest BCUT2D eigenvalue weighted by Crippen LogP contribution is -2.48. The number of piperidine rings is 1. The van der Waals surface area contributed by atoms with Crippen LogP contribution in [0.25, 0.3) is 0 Å². The second kappa shape index (κ2) is 4.01. The second-order valence-electron chi connectivity index (χ2n) is 4.34. The maximum atomic E-state index is 4.63. The average Bonchev–Trinajstić information content (AvgIpc) is 2.05. The third-order valence-corrected chi connectivity index (χ3v) is 3.95. The monoisotopic (exact) mass is 187 g/mol. The van der Waals surface area contributed by atoms with E-state index in [1.807, 2.05) is 0 Å². The summed E-state index contributed by atoms with van der Waals surface area (Å²) in [6.45, 7) is 9.21. The van der Waals surface area contributed by atoms with Gasteiger partial charge in [-0.25, -0.2) is 0 Å². The molecule has 0 aromatic carbocycles. The van der Waals surface area contributed by atoms with E-state index in [4.69, 9.17) is 0 Å². The molecule has 1 aliphatic heterocycles. The number of nitrogens with one attached hydrogen (secondary N) is 1. The maximum Gasteiger partial charge on any atom is 0.00595 e. The largest absolute Gasteiger partial charge is 0.316 e. The van der Waals surface area contributed by atoms with Gasteiger partial charge in [-0.15, -0.1) is 0 Å². The van der Waals surface area contributed by atoms with E-state index in [-0.39, 0.29) is 0 Å². The zero-order valence-electron chi connectivity index (χ0n) is 8.43. The van der Waals surface area contributed by atoms with Gasteiger partial charge in [-0.2, -0.15) is 12.6 Å². The quantitative estimate of drug-likeness (QED) is 0.632. The first-order valence-corrected chi connectivity index (χ1v) is 5.50. The van der Waals surface area contributed by atoms with Crippen molar-refractivity contribution in [2.24, 2.45) is 11.3 Å². The second-order valence-corrected chi connectivity index (χ2v) is 5.12. The number of thiol groups is 1. The van der Waals surface area contributed by atoms with Crippen molar-refractivity contribution in [2.45, 2.75) is 38.9 Å². The molecule has 0 amide bonds. The van der Waals surface area contributed by atoms with Crippen LogP contribution in [0.2, 0.25) is 0 Å². The summed E-state index contributed by atoms with van der Waals surface area (Å²) >= 11 is 4.63. The Morgan fingerprint density at radius 3 is 2.25 bits per heavy atom. The highest BCUT2D eigenvalue weighted by atomic mass is 32.1. The van der Waals surface area contributed by atoms with Crippen LogP contribution >= 0.6 is 12.6 Å². The van der Waals surface area contributed by atoms with Crippen LogP contribution < -0.4 is 5.32 Å². The Kier molecular flexibility index (Phi) is 3.47. The molecule has 0 saturated carbocycles. The standard InChI is InChI=1S/C10H21NS/c1-8(2)10(9(3)12)5-4-6-11-7-10/h8-9,11-12H,4-7H2,1-3H3. The van der Waals surface area contributed by atoms with Crippen LogP contribution in [0.5, 0.6) is 0 Å². The lowest BCUT2D eigenvalue weighted by molar-refractivity contribution is 0.137. The highest BCUT2D eigenvalue weighted by Crippen LogP contribution is 2.40. The molecule has 1 rings (SSSR count). The molecule has 1 nitrogen and oxygen atoms in total. The van der Waals surface area contributed by atoms with E-state index in [9.17, 15) is 0 Å². The third-order valence-electron chi connectivity index (χ3n) is 3.43. The van der Waals surface area contributed by atoms with E-state index >= 15 is 0 Å². The molecule has 0 aromatic rings. The summed E-state index contributed by atoms with van der Waals surface area (Å²) in [4.78, 5) is 0. The summed E-state index contributed by atoms with van der Waals surface area (Å²) in [7, 11) is 0. The molecule has 1 saturated heterocycles. The fourth-order valence-electron chi connectivity index (χ4n) is 2.28. The molecule has 12 heavy (non-hydrogen) atoms. The van der Waals surface area contributed by atoms with Crippen molar-refractivity contribution in [3.63, 3.8) is 0 Å². The predicted octanol–water partition coefficient (Wildman–Crippen LogP) is 2.33. The normalized spacial score (nSPS) is 33.8. The van der Waals surface area contributed by atoms with Gasteiger partial charge in [0.2, 0.25) is 0 Å². The van der Waals surface area contributed by atoms with E-state index in [2.05, 4.69) is 38.7 Å². The van der Waals surface area contributed by atoms with Crippen LogP contribution in [0, 0.1) is 11.3 Å². The average molecular weight is 187 g/mol.